The molecule has 3 heteroatoms. The molecule has 1 aromatic heterocycles. The summed E-state index contributed by atoms with van der Waals surface area (Å²) >= 11 is 0. The van der Waals surface area contributed by atoms with Gasteiger partial charge in [0.05, 0.1) is 0 Å². The largest absolute Gasteiger partial charge is 0.264 e. The number of nitrogens with zero attached hydrogens (tertiary/aromatic N) is 2. The van der Waals surface area contributed by atoms with Gasteiger partial charge in [0.15, 0.2) is 0 Å². The minimum Gasteiger partial charge on any atom is -0.264 e. The molecule has 1 heterocycles. The predicted octanol–water partition coefficient (Wildman–Crippen LogP) is -0.730. The van der Waals surface area contributed by atoms with E-state index in [1.807, 2.05) is 0 Å². The van der Waals surface area contributed by atoms with Crippen molar-refractivity contribution in [3.8, 4) is 0 Å². The molecule has 0 saturated heterocycles. The van der Waals surface area contributed by atoms with Crippen molar-refractivity contribution in [3.63, 3.8) is 0 Å². The molecule has 33 valence electrons. The molecule has 0 bridgehead atoms. The molecule has 0 N–H and O–H groups in total. The van der Waals surface area contributed by atoms with E-state index in [2.05, 4.69) is 20.2 Å². The second kappa shape index (κ2) is 1.84. The van der Waals surface area contributed by atoms with E-state index < -0.39 is 0 Å². The van der Waals surface area contributed by atoms with E-state index >= 15 is 0 Å². The third kappa shape index (κ3) is 1.08. The van der Waals surface area contributed by atoms with E-state index in [9.17, 15) is 0 Å². The fourth-order valence-electron chi connectivity index (χ4n) is 0.299. The molecule has 0 spiro atoms. The Kier molecular flexibility index (Phi) is 1.17. The van der Waals surface area contributed by atoms with E-state index in [0.29, 0.717) is 0 Å². The summed E-state index contributed by atoms with van der Waals surface area (Å²) in [7, 11) is 3.18. The van der Waals surface area contributed by atoms with Crippen molar-refractivity contribution in [3.05, 3.63) is 18.6 Å². The highest BCUT2D eigenvalue weighted by atomic mass is 28.1. The van der Waals surface area contributed by atoms with Crippen molar-refractivity contribution < 1.29 is 0 Å². The molecule has 0 fully saturated rings. The van der Waals surface area contributed by atoms with Crippen LogP contribution in [0, 0.1) is 0 Å². The first-order chi connectivity index (χ1) is 3.39. The summed E-state index contributed by atoms with van der Waals surface area (Å²) in [5.41, 5.74) is 0. The van der Waals surface area contributed by atoms with Crippen LogP contribution in [-0.4, -0.2) is 20.2 Å². The Morgan fingerprint density at radius 3 is 2.57 bits per heavy atom. The van der Waals surface area contributed by atoms with Gasteiger partial charge in [-0.3, -0.25) is 9.97 Å². The van der Waals surface area contributed by atoms with Crippen molar-refractivity contribution in [2.45, 2.75) is 0 Å². The van der Waals surface area contributed by atoms with Crippen LogP contribution in [-0.2, 0) is 0 Å². The zero-order valence-corrected chi connectivity index (χ0v) is 4.63. The average molecular weight is 107 g/mol. The van der Waals surface area contributed by atoms with Gasteiger partial charge < -0.3 is 0 Å². The smallest absolute Gasteiger partial charge is 0.102 e. The van der Waals surface area contributed by atoms with E-state index in [4.69, 9.17) is 0 Å². The van der Waals surface area contributed by atoms with Gasteiger partial charge in [-0.05, 0) is 0 Å². The lowest BCUT2D eigenvalue weighted by atomic mass is 10.8. The lowest BCUT2D eigenvalue weighted by Crippen LogP contribution is -2.06. The Morgan fingerprint density at radius 2 is 2.29 bits per heavy atom. The molecular formula is C4H3N2Si. The summed E-state index contributed by atoms with van der Waals surface area (Å²) in [5, 5.41) is 0.766. The molecule has 0 atom stereocenters. The fraction of sp³-hybridized carbons (Fsp3) is 0. The second-order valence-electron chi connectivity index (χ2n) is 1.09. The maximum absolute atomic E-state index is 3.83. The van der Waals surface area contributed by atoms with Gasteiger partial charge in [0.2, 0.25) is 0 Å². The Balaban J connectivity index is 3.02. The maximum Gasteiger partial charge on any atom is 0.102 e. The van der Waals surface area contributed by atoms with Gasteiger partial charge >= 0.3 is 0 Å². The molecule has 0 aliphatic carbocycles. The zero-order valence-electron chi connectivity index (χ0n) is 3.63. The van der Waals surface area contributed by atoms with Crippen LogP contribution in [0.25, 0.3) is 0 Å². The molecule has 3 radical (unpaired) electrons. The van der Waals surface area contributed by atoms with E-state index in [1.165, 1.54) is 0 Å². The van der Waals surface area contributed by atoms with E-state index in [0.717, 1.165) is 5.32 Å². The first-order valence-corrected chi connectivity index (χ1v) is 2.37. The van der Waals surface area contributed by atoms with Crippen LogP contribution in [0.5, 0.6) is 0 Å². The van der Waals surface area contributed by atoms with Gasteiger partial charge in [-0.15, -0.1) is 0 Å². The topological polar surface area (TPSA) is 25.8 Å². The molecule has 0 aliphatic heterocycles. The van der Waals surface area contributed by atoms with E-state index in [-0.39, 0.29) is 0 Å². The monoisotopic (exact) mass is 107 g/mol. The second-order valence-corrected chi connectivity index (χ2v) is 1.60. The van der Waals surface area contributed by atoms with Crippen molar-refractivity contribution in [1.82, 2.24) is 9.97 Å². The fourth-order valence-corrected chi connectivity index (χ4v) is 0.448. The summed E-state index contributed by atoms with van der Waals surface area (Å²) < 4.78 is 0. The Bertz CT molecular complexity index is 140. The van der Waals surface area contributed by atoms with Gasteiger partial charge in [-0.1, -0.05) is 0 Å². The molecule has 0 saturated carbocycles. The van der Waals surface area contributed by atoms with Crippen LogP contribution in [0.2, 0.25) is 0 Å². The van der Waals surface area contributed by atoms with E-state index in [1.54, 1.807) is 18.6 Å². The minimum absolute atomic E-state index is 0.766. The minimum atomic E-state index is 0.766. The summed E-state index contributed by atoms with van der Waals surface area (Å²) in [6, 6.07) is 0. The Morgan fingerprint density at radius 1 is 1.43 bits per heavy atom. The van der Waals surface area contributed by atoms with Crippen LogP contribution in [0.4, 0.5) is 0 Å². The van der Waals surface area contributed by atoms with Crippen LogP contribution in [0.15, 0.2) is 18.6 Å². The average Bonchev–Trinajstić information content (AvgIpc) is 1.69. The van der Waals surface area contributed by atoms with Crippen LogP contribution in [0.1, 0.15) is 0 Å². The highest BCUT2D eigenvalue weighted by molar-refractivity contribution is 6.30. The quantitative estimate of drug-likeness (QED) is 0.408. The normalized spacial score (nSPS) is 8.71. The standard InChI is InChI=1S/C4H3N2Si/c7-4-3-5-1-2-6-4/h1-3H. The summed E-state index contributed by atoms with van der Waals surface area (Å²) in [6.45, 7) is 0. The lowest BCUT2D eigenvalue weighted by Gasteiger charge is -1.81. The summed E-state index contributed by atoms with van der Waals surface area (Å²) in [5.74, 6) is 0. The first-order valence-electron chi connectivity index (χ1n) is 1.87. The molecule has 1 rings (SSSR count). The van der Waals surface area contributed by atoms with Gasteiger partial charge in [0.25, 0.3) is 0 Å². The highest BCUT2D eigenvalue weighted by Gasteiger charge is 1.75. The Hall–Kier alpha value is -0.703. The molecule has 2 nitrogen and oxygen atoms in total. The lowest BCUT2D eigenvalue weighted by molar-refractivity contribution is 1.24. The van der Waals surface area contributed by atoms with Gasteiger partial charge in [-0.2, -0.15) is 0 Å². The number of rotatable bonds is 0. The van der Waals surface area contributed by atoms with Gasteiger partial charge in [-0.25, -0.2) is 0 Å². The number of hydrogen-bond donors (Lipinski definition) is 0. The highest BCUT2D eigenvalue weighted by Crippen LogP contribution is 1.62. The molecule has 0 aliphatic rings. The third-order valence-corrected chi connectivity index (χ3v) is 0.821. The summed E-state index contributed by atoms with van der Waals surface area (Å²) in [6.07, 6.45) is 4.89. The Labute approximate surface area is 45.0 Å². The zero-order chi connectivity index (χ0) is 5.11. The first kappa shape index (κ1) is 4.46. The predicted molar refractivity (Wildman–Crippen MR) is 27.4 cm³/mol. The molecule has 0 unspecified atom stereocenters. The molecular weight excluding hydrogens is 104 g/mol. The van der Waals surface area contributed by atoms with Gasteiger partial charge in [0, 0.05) is 23.9 Å². The molecule has 1 aromatic rings. The number of aromatic nitrogens is 2. The maximum atomic E-state index is 3.83. The molecule has 0 aromatic carbocycles. The van der Waals surface area contributed by atoms with Crippen LogP contribution >= 0.6 is 0 Å². The van der Waals surface area contributed by atoms with Crippen molar-refractivity contribution in [2.24, 2.45) is 0 Å². The van der Waals surface area contributed by atoms with Crippen molar-refractivity contribution in [1.29, 1.82) is 0 Å². The molecule has 0 amide bonds. The van der Waals surface area contributed by atoms with Crippen LogP contribution in [0.3, 0.4) is 0 Å². The van der Waals surface area contributed by atoms with Crippen LogP contribution < -0.4 is 5.32 Å². The summed E-state index contributed by atoms with van der Waals surface area (Å²) in [4.78, 5) is 7.60. The third-order valence-electron chi connectivity index (χ3n) is 0.563. The van der Waals surface area contributed by atoms with Gasteiger partial charge in [0.1, 0.15) is 10.2 Å². The SMILES string of the molecule is [Si]c1cnccn1. The molecule has 7 heavy (non-hydrogen) atoms. The van der Waals surface area contributed by atoms with Crippen molar-refractivity contribution in [2.75, 3.05) is 0 Å². The number of hydrogen-bond acceptors (Lipinski definition) is 2. The van der Waals surface area contributed by atoms with Crippen molar-refractivity contribution >= 4 is 15.6 Å².